The van der Waals surface area contributed by atoms with Gasteiger partial charge in [-0.2, -0.15) is 5.10 Å². The number of aryl methyl sites for hydroxylation is 2. The van der Waals surface area contributed by atoms with Gasteiger partial charge in [0.25, 0.3) is 0 Å². The van der Waals surface area contributed by atoms with E-state index in [4.69, 9.17) is 0 Å². The SMILES string of the molecule is CCc1cnc(CCNC(=NC)NCCc2cnn(C)c2)s1. The van der Waals surface area contributed by atoms with E-state index >= 15 is 0 Å². The smallest absolute Gasteiger partial charge is 0.191 e. The topological polar surface area (TPSA) is 67.1 Å². The summed E-state index contributed by atoms with van der Waals surface area (Å²) in [7, 11) is 3.72. The van der Waals surface area contributed by atoms with Gasteiger partial charge < -0.3 is 10.6 Å². The predicted molar refractivity (Wildman–Crippen MR) is 91.5 cm³/mol. The molecule has 0 spiro atoms. The molecule has 2 aromatic heterocycles. The lowest BCUT2D eigenvalue weighted by molar-refractivity contribution is 0.764. The highest BCUT2D eigenvalue weighted by Crippen LogP contribution is 2.13. The second-order valence-corrected chi connectivity index (χ2v) is 6.22. The van der Waals surface area contributed by atoms with Crippen LogP contribution in [0.5, 0.6) is 0 Å². The van der Waals surface area contributed by atoms with Gasteiger partial charge in [0.15, 0.2) is 5.96 Å². The summed E-state index contributed by atoms with van der Waals surface area (Å²) >= 11 is 1.79. The molecule has 0 saturated carbocycles. The van der Waals surface area contributed by atoms with Crippen molar-refractivity contribution in [2.75, 3.05) is 20.1 Å². The standard InChI is InChI=1S/C15H24N6S/c1-4-13-10-19-14(22-13)6-8-18-15(16-2)17-7-5-12-9-20-21(3)11-12/h9-11H,4-8H2,1-3H3,(H2,16,17,18). The molecule has 2 N–H and O–H groups in total. The first-order chi connectivity index (χ1) is 10.7. The first kappa shape index (κ1) is 16.5. The van der Waals surface area contributed by atoms with E-state index in [0.717, 1.165) is 38.3 Å². The van der Waals surface area contributed by atoms with Gasteiger partial charge in [0, 0.05) is 50.9 Å². The largest absolute Gasteiger partial charge is 0.356 e. The molecule has 0 saturated heterocycles. The summed E-state index contributed by atoms with van der Waals surface area (Å²) in [6, 6.07) is 0. The van der Waals surface area contributed by atoms with E-state index < -0.39 is 0 Å². The van der Waals surface area contributed by atoms with Crippen molar-refractivity contribution in [3.05, 3.63) is 34.0 Å². The number of aliphatic imine (C=N–C) groups is 1. The Morgan fingerprint density at radius 2 is 2.05 bits per heavy atom. The van der Waals surface area contributed by atoms with Crippen molar-refractivity contribution in [3.8, 4) is 0 Å². The van der Waals surface area contributed by atoms with Gasteiger partial charge in [-0.05, 0) is 18.4 Å². The Bertz CT molecular complexity index is 601. The molecular formula is C15H24N6S. The van der Waals surface area contributed by atoms with Crippen LogP contribution in [-0.4, -0.2) is 40.9 Å². The summed E-state index contributed by atoms with van der Waals surface area (Å²) in [5.41, 5.74) is 1.22. The van der Waals surface area contributed by atoms with E-state index in [1.165, 1.54) is 15.4 Å². The molecule has 0 unspecified atom stereocenters. The van der Waals surface area contributed by atoms with Crippen molar-refractivity contribution >= 4 is 17.3 Å². The van der Waals surface area contributed by atoms with Crippen LogP contribution in [0.2, 0.25) is 0 Å². The molecular weight excluding hydrogens is 296 g/mol. The lowest BCUT2D eigenvalue weighted by atomic mass is 10.2. The zero-order valence-electron chi connectivity index (χ0n) is 13.5. The third-order valence-corrected chi connectivity index (χ3v) is 4.47. The maximum atomic E-state index is 4.42. The fourth-order valence-electron chi connectivity index (χ4n) is 2.06. The molecule has 2 aromatic rings. The lowest BCUT2D eigenvalue weighted by Crippen LogP contribution is -2.39. The molecule has 0 fully saturated rings. The van der Waals surface area contributed by atoms with Gasteiger partial charge in [-0.15, -0.1) is 11.3 Å². The fourth-order valence-corrected chi connectivity index (χ4v) is 2.92. The molecule has 2 heterocycles. The number of thiazole rings is 1. The molecule has 0 bridgehead atoms. The van der Waals surface area contributed by atoms with Crippen LogP contribution in [0.1, 0.15) is 22.4 Å². The lowest BCUT2D eigenvalue weighted by Gasteiger charge is -2.10. The van der Waals surface area contributed by atoms with Crippen molar-refractivity contribution in [1.29, 1.82) is 0 Å². The van der Waals surface area contributed by atoms with Crippen LogP contribution < -0.4 is 10.6 Å². The number of rotatable bonds is 7. The minimum atomic E-state index is 0.830. The molecule has 6 nitrogen and oxygen atoms in total. The minimum Gasteiger partial charge on any atom is -0.356 e. The summed E-state index contributed by atoms with van der Waals surface area (Å²) in [5.74, 6) is 0.830. The van der Waals surface area contributed by atoms with E-state index in [0.29, 0.717) is 0 Å². The van der Waals surface area contributed by atoms with Crippen molar-refractivity contribution in [3.63, 3.8) is 0 Å². The van der Waals surface area contributed by atoms with Crippen LogP contribution in [0.25, 0.3) is 0 Å². The first-order valence-electron chi connectivity index (χ1n) is 7.57. The molecule has 120 valence electrons. The molecule has 0 radical (unpaired) electrons. The van der Waals surface area contributed by atoms with Gasteiger partial charge in [-0.1, -0.05) is 6.92 Å². The monoisotopic (exact) mass is 320 g/mol. The number of hydrogen-bond donors (Lipinski definition) is 2. The number of aromatic nitrogens is 3. The van der Waals surface area contributed by atoms with E-state index in [9.17, 15) is 0 Å². The molecule has 0 amide bonds. The van der Waals surface area contributed by atoms with Crippen molar-refractivity contribution in [2.24, 2.45) is 12.0 Å². The van der Waals surface area contributed by atoms with E-state index in [-0.39, 0.29) is 0 Å². The van der Waals surface area contributed by atoms with Gasteiger partial charge in [0.1, 0.15) is 0 Å². The third kappa shape index (κ3) is 5.14. The summed E-state index contributed by atoms with van der Waals surface area (Å²) in [4.78, 5) is 10.00. The molecule has 2 rings (SSSR count). The summed E-state index contributed by atoms with van der Waals surface area (Å²) in [6.45, 7) is 3.83. The highest BCUT2D eigenvalue weighted by atomic mass is 32.1. The maximum Gasteiger partial charge on any atom is 0.191 e. The molecule has 0 atom stereocenters. The minimum absolute atomic E-state index is 0.830. The zero-order valence-corrected chi connectivity index (χ0v) is 14.3. The van der Waals surface area contributed by atoms with Crippen LogP contribution in [0.4, 0.5) is 0 Å². The number of nitrogens with one attached hydrogen (secondary N) is 2. The quantitative estimate of drug-likeness (QED) is 0.598. The summed E-state index contributed by atoms with van der Waals surface area (Å²) in [6.07, 6.45) is 8.82. The highest BCUT2D eigenvalue weighted by molar-refractivity contribution is 7.11. The summed E-state index contributed by atoms with van der Waals surface area (Å²) < 4.78 is 1.82. The Morgan fingerprint density at radius 3 is 2.64 bits per heavy atom. The average molecular weight is 320 g/mol. The molecule has 0 aliphatic carbocycles. The average Bonchev–Trinajstić information content (AvgIpc) is 3.14. The summed E-state index contributed by atoms with van der Waals surface area (Å²) in [5, 5.41) is 12.0. The van der Waals surface area contributed by atoms with E-state index in [2.05, 4.69) is 32.6 Å². The van der Waals surface area contributed by atoms with Crippen molar-refractivity contribution < 1.29 is 0 Å². The first-order valence-corrected chi connectivity index (χ1v) is 8.38. The Labute approximate surface area is 135 Å². The Hall–Kier alpha value is -1.89. The second-order valence-electron chi connectivity index (χ2n) is 5.02. The van der Waals surface area contributed by atoms with Gasteiger partial charge >= 0.3 is 0 Å². The molecule has 7 heteroatoms. The number of hydrogen-bond acceptors (Lipinski definition) is 4. The molecule has 22 heavy (non-hydrogen) atoms. The fraction of sp³-hybridized carbons (Fsp3) is 0.533. The van der Waals surface area contributed by atoms with Crippen LogP contribution in [0.15, 0.2) is 23.6 Å². The van der Waals surface area contributed by atoms with Crippen molar-refractivity contribution in [1.82, 2.24) is 25.4 Å². The van der Waals surface area contributed by atoms with Gasteiger partial charge in [-0.3, -0.25) is 9.67 Å². The van der Waals surface area contributed by atoms with Gasteiger partial charge in [0.2, 0.25) is 0 Å². The molecule has 0 aliphatic heterocycles. The molecule has 0 aromatic carbocycles. The zero-order chi connectivity index (χ0) is 15.8. The maximum absolute atomic E-state index is 4.42. The van der Waals surface area contributed by atoms with Crippen LogP contribution in [0, 0.1) is 0 Å². The Balaban J connectivity index is 1.66. The molecule has 0 aliphatic rings. The predicted octanol–water partition coefficient (Wildman–Crippen LogP) is 1.39. The number of nitrogens with zero attached hydrogens (tertiary/aromatic N) is 4. The van der Waals surface area contributed by atoms with Crippen LogP contribution in [0.3, 0.4) is 0 Å². The number of guanidine groups is 1. The van der Waals surface area contributed by atoms with Gasteiger partial charge in [-0.25, -0.2) is 4.98 Å². The second kappa shape index (κ2) is 8.53. The normalized spacial score (nSPS) is 11.7. The highest BCUT2D eigenvalue weighted by Gasteiger charge is 2.02. The van der Waals surface area contributed by atoms with Gasteiger partial charge in [0.05, 0.1) is 11.2 Å². The third-order valence-electron chi connectivity index (χ3n) is 3.27. The Kier molecular flexibility index (Phi) is 6.39. The van der Waals surface area contributed by atoms with E-state index in [1.807, 2.05) is 30.3 Å². The van der Waals surface area contributed by atoms with Crippen LogP contribution in [-0.2, 0) is 26.3 Å². The van der Waals surface area contributed by atoms with Crippen molar-refractivity contribution in [2.45, 2.75) is 26.2 Å². The van der Waals surface area contributed by atoms with Crippen LogP contribution >= 0.6 is 11.3 Å². The van der Waals surface area contributed by atoms with E-state index in [1.54, 1.807) is 18.4 Å². The Morgan fingerprint density at radius 1 is 1.27 bits per heavy atom.